The van der Waals surface area contributed by atoms with Gasteiger partial charge in [-0.2, -0.15) is 0 Å². The first-order chi connectivity index (χ1) is 17.8. The van der Waals surface area contributed by atoms with E-state index in [0.717, 1.165) is 38.8 Å². The second kappa shape index (κ2) is 12.8. The minimum absolute atomic E-state index is 0.0627. The molecule has 0 radical (unpaired) electrons. The molecule has 6 atom stereocenters. The van der Waals surface area contributed by atoms with Gasteiger partial charge in [-0.25, -0.2) is 0 Å². The fourth-order valence-electron chi connectivity index (χ4n) is 6.14. The van der Waals surface area contributed by atoms with Gasteiger partial charge in [0.1, 0.15) is 11.5 Å². The fourth-order valence-corrected chi connectivity index (χ4v) is 6.14. The largest absolute Gasteiger partial charge is 0.508 e. The summed E-state index contributed by atoms with van der Waals surface area (Å²) in [6.45, 7) is 1.53. The lowest BCUT2D eigenvalue weighted by molar-refractivity contribution is -0.0996. The molecule has 38 heavy (non-hydrogen) atoms. The molecule has 6 N–H and O–H groups in total. The highest BCUT2D eigenvalue weighted by atomic mass is 16.3. The van der Waals surface area contributed by atoms with E-state index in [4.69, 9.17) is 0 Å². The number of hydrogen-bond acceptors (Lipinski definition) is 8. The van der Waals surface area contributed by atoms with E-state index in [1.165, 1.54) is 0 Å². The average Bonchev–Trinajstić information content (AvgIpc) is 2.83. The lowest BCUT2D eigenvalue weighted by Gasteiger charge is -2.43. The van der Waals surface area contributed by atoms with Crippen LogP contribution >= 0.6 is 0 Å². The van der Waals surface area contributed by atoms with Crippen LogP contribution in [0.1, 0.15) is 49.7 Å². The van der Waals surface area contributed by atoms with Crippen LogP contribution in [0.25, 0.3) is 0 Å². The lowest BCUT2D eigenvalue weighted by Crippen LogP contribution is -2.46. The van der Waals surface area contributed by atoms with Crippen LogP contribution < -0.4 is 0 Å². The maximum atomic E-state index is 11.0. The molecule has 0 heterocycles. The summed E-state index contributed by atoms with van der Waals surface area (Å²) in [5, 5.41) is 61.1. The molecular weight excluding hydrogens is 484 g/mol. The van der Waals surface area contributed by atoms with Gasteiger partial charge in [0.2, 0.25) is 0 Å². The number of hydrogen-bond donors (Lipinski definition) is 6. The van der Waals surface area contributed by atoms with Crippen molar-refractivity contribution in [3.8, 4) is 11.5 Å². The molecule has 0 aromatic heterocycles. The zero-order valence-electron chi connectivity index (χ0n) is 23.2. The molecule has 0 bridgehead atoms. The maximum Gasteiger partial charge on any atom is 0.115 e. The third-order valence-corrected chi connectivity index (χ3v) is 8.00. The highest BCUT2D eigenvalue weighted by Crippen LogP contribution is 2.44. The Morgan fingerprint density at radius 1 is 0.658 bits per heavy atom. The van der Waals surface area contributed by atoms with Gasteiger partial charge in [0.25, 0.3) is 0 Å². The molecule has 8 nitrogen and oxygen atoms in total. The van der Waals surface area contributed by atoms with Gasteiger partial charge in [0.15, 0.2) is 0 Å². The molecular formula is C30H46N2O6. The van der Waals surface area contributed by atoms with Gasteiger partial charge in [-0.05, 0) is 89.3 Å². The van der Waals surface area contributed by atoms with Gasteiger partial charge in [0.05, 0.1) is 23.4 Å². The Morgan fingerprint density at radius 2 is 1.03 bits per heavy atom. The van der Waals surface area contributed by atoms with E-state index in [2.05, 4.69) is 9.80 Å². The predicted molar refractivity (Wildman–Crippen MR) is 148 cm³/mol. The summed E-state index contributed by atoms with van der Waals surface area (Å²) in [6, 6.07) is 13.5. The molecule has 0 spiro atoms. The van der Waals surface area contributed by atoms with Crippen molar-refractivity contribution >= 4 is 0 Å². The van der Waals surface area contributed by atoms with Crippen LogP contribution in [0.3, 0.4) is 0 Å². The number of phenolic OH excluding ortho intramolecular Hbond substituents is 2. The average molecular weight is 531 g/mol. The number of nitrogens with zero attached hydrogens (tertiary/aromatic N) is 2. The summed E-state index contributed by atoms with van der Waals surface area (Å²) in [5.41, 5.74) is -0.752. The molecule has 0 amide bonds. The number of aliphatic hydroxyl groups is 4. The third-order valence-electron chi connectivity index (χ3n) is 8.00. The first-order valence-corrected chi connectivity index (χ1v) is 13.5. The highest BCUT2D eigenvalue weighted by Gasteiger charge is 2.44. The van der Waals surface area contributed by atoms with Gasteiger partial charge in [-0.3, -0.25) is 0 Å². The third kappa shape index (κ3) is 7.46. The zero-order chi connectivity index (χ0) is 28.1. The van der Waals surface area contributed by atoms with Crippen LogP contribution in [0.2, 0.25) is 0 Å². The minimum atomic E-state index is -1.07. The molecule has 2 fully saturated rings. The summed E-state index contributed by atoms with van der Waals surface area (Å²) < 4.78 is 0. The SMILES string of the molecule is CN(C)C[C@@H]1CC[C@H](O)C[C@@]1(O)c1cccc(O)c1.CN(C)C[C@H]1CC[C@@H](O)C[C@]1(O)c1cccc(O)c1. The monoisotopic (exact) mass is 530 g/mol. The van der Waals surface area contributed by atoms with Crippen LogP contribution in [-0.2, 0) is 11.2 Å². The standard InChI is InChI=1S/2C15H23NO3/c2*1-16(2)10-12-6-7-14(18)9-15(12,19)11-4-3-5-13(17)8-11/h2*3-5,8,12,14,17-19H,6-7,9-10H2,1-2H3/t2*12-,14-,15+/m10/s1. The number of benzene rings is 2. The summed E-state index contributed by atoms with van der Waals surface area (Å²) in [6.07, 6.45) is 2.71. The maximum absolute atomic E-state index is 11.0. The second-order valence-corrected chi connectivity index (χ2v) is 11.7. The van der Waals surface area contributed by atoms with Crippen molar-refractivity contribution in [3.63, 3.8) is 0 Å². The van der Waals surface area contributed by atoms with Crippen molar-refractivity contribution in [3.05, 3.63) is 59.7 Å². The minimum Gasteiger partial charge on any atom is -0.508 e. The number of aliphatic hydroxyl groups excluding tert-OH is 2. The zero-order valence-corrected chi connectivity index (χ0v) is 23.2. The van der Waals surface area contributed by atoms with Gasteiger partial charge >= 0.3 is 0 Å². The Bertz CT molecular complexity index is 952. The van der Waals surface area contributed by atoms with Crippen LogP contribution in [0.4, 0.5) is 0 Å². The van der Waals surface area contributed by atoms with E-state index in [1.807, 2.05) is 40.3 Å². The second-order valence-electron chi connectivity index (χ2n) is 11.7. The topological polar surface area (TPSA) is 128 Å². The Kier molecular flexibility index (Phi) is 10.2. The quantitative estimate of drug-likeness (QED) is 0.336. The number of aromatic hydroxyl groups is 2. The molecule has 4 rings (SSSR count). The Hall–Kier alpha value is -2.20. The molecule has 2 aliphatic carbocycles. The van der Waals surface area contributed by atoms with Crippen molar-refractivity contribution in [2.24, 2.45) is 11.8 Å². The molecule has 2 aliphatic rings. The first kappa shape index (κ1) is 30.3. The predicted octanol–water partition coefficient (Wildman–Crippen LogP) is 2.60. The van der Waals surface area contributed by atoms with Gasteiger partial charge in [-0.15, -0.1) is 0 Å². The normalized spacial score (nSPS) is 31.6. The van der Waals surface area contributed by atoms with Crippen LogP contribution in [-0.4, -0.2) is 93.9 Å². The van der Waals surface area contributed by atoms with E-state index in [0.29, 0.717) is 24.0 Å². The summed E-state index contributed by atoms with van der Waals surface area (Å²) in [5.74, 6) is 0.421. The van der Waals surface area contributed by atoms with E-state index in [1.54, 1.807) is 36.4 Å². The fraction of sp³-hybridized carbons (Fsp3) is 0.600. The van der Waals surface area contributed by atoms with Crippen molar-refractivity contribution in [2.75, 3.05) is 41.3 Å². The summed E-state index contributed by atoms with van der Waals surface area (Å²) in [4.78, 5) is 4.10. The van der Waals surface area contributed by atoms with Crippen LogP contribution in [0.15, 0.2) is 48.5 Å². The summed E-state index contributed by atoms with van der Waals surface area (Å²) in [7, 11) is 7.92. The van der Waals surface area contributed by atoms with Crippen molar-refractivity contribution in [2.45, 2.75) is 61.9 Å². The van der Waals surface area contributed by atoms with Crippen LogP contribution in [0.5, 0.6) is 11.5 Å². The Balaban J connectivity index is 0.000000211. The van der Waals surface area contributed by atoms with Crippen molar-refractivity contribution in [1.29, 1.82) is 0 Å². The number of rotatable bonds is 6. The molecule has 8 heteroatoms. The molecule has 0 saturated heterocycles. The molecule has 0 unspecified atom stereocenters. The van der Waals surface area contributed by atoms with E-state index in [-0.39, 0.29) is 23.3 Å². The van der Waals surface area contributed by atoms with E-state index < -0.39 is 23.4 Å². The number of phenols is 2. The van der Waals surface area contributed by atoms with Gasteiger partial charge in [0, 0.05) is 37.8 Å². The van der Waals surface area contributed by atoms with Crippen molar-refractivity contribution < 1.29 is 30.6 Å². The molecule has 0 aliphatic heterocycles. The Labute approximate surface area is 226 Å². The highest BCUT2D eigenvalue weighted by molar-refractivity contribution is 5.33. The van der Waals surface area contributed by atoms with E-state index >= 15 is 0 Å². The van der Waals surface area contributed by atoms with Gasteiger partial charge < -0.3 is 40.4 Å². The Morgan fingerprint density at radius 3 is 1.34 bits per heavy atom. The van der Waals surface area contributed by atoms with E-state index in [9.17, 15) is 30.6 Å². The van der Waals surface area contributed by atoms with Crippen LogP contribution in [0, 0.1) is 11.8 Å². The summed E-state index contributed by atoms with van der Waals surface area (Å²) >= 11 is 0. The smallest absolute Gasteiger partial charge is 0.115 e. The first-order valence-electron chi connectivity index (χ1n) is 13.5. The van der Waals surface area contributed by atoms with Gasteiger partial charge in [-0.1, -0.05) is 24.3 Å². The molecule has 2 aromatic rings. The molecule has 2 aromatic carbocycles. The lowest BCUT2D eigenvalue weighted by atomic mass is 9.70. The van der Waals surface area contributed by atoms with Crippen molar-refractivity contribution in [1.82, 2.24) is 9.80 Å². The molecule has 212 valence electrons. The molecule has 2 saturated carbocycles.